The Morgan fingerprint density at radius 3 is 2.07 bits per heavy atom. The van der Waals surface area contributed by atoms with Gasteiger partial charge in [-0.1, -0.05) is 48.5 Å². The molecule has 0 saturated heterocycles. The minimum atomic E-state index is -4.45. The fraction of sp³-hybridized carbons (Fsp3) is 0.300. The van der Waals surface area contributed by atoms with Crippen LogP contribution in [0.15, 0.2) is 48.5 Å². The van der Waals surface area contributed by atoms with Gasteiger partial charge in [0.05, 0.1) is 0 Å². The summed E-state index contributed by atoms with van der Waals surface area (Å²) in [4.78, 5) is 23.4. The highest BCUT2D eigenvalue weighted by molar-refractivity contribution is 5.84. The highest BCUT2D eigenvalue weighted by atomic mass is 19.4. The minimum Gasteiger partial charge on any atom is -0.449 e. The minimum absolute atomic E-state index is 0.00931. The van der Waals surface area contributed by atoms with Crippen LogP contribution in [0.4, 0.5) is 18.0 Å². The monoisotopic (exact) mass is 392 g/mol. The van der Waals surface area contributed by atoms with Crippen LogP contribution < -0.4 is 11.1 Å². The predicted molar refractivity (Wildman–Crippen MR) is 96.5 cm³/mol. The molecule has 0 fully saturated rings. The number of halogens is 3. The maximum atomic E-state index is 12.4. The molecule has 0 radical (unpaired) electrons. The van der Waals surface area contributed by atoms with E-state index in [1.807, 2.05) is 48.5 Å². The van der Waals surface area contributed by atoms with E-state index in [1.165, 1.54) is 0 Å². The van der Waals surface area contributed by atoms with Crippen LogP contribution in [0, 0.1) is 0 Å². The summed E-state index contributed by atoms with van der Waals surface area (Å²) in [6, 6.07) is 14.0. The standard InChI is InChI=1S/C20H19F3N2O3/c21-20(22,23)10-9-17(18(24)26)25-19(27)28-11-16-14-7-3-1-5-12(14)13-6-2-4-8-15(13)16/h1-8,16-17H,9-11H2,(H2,24,26)(H,25,27)/t17-/m0/s1. The van der Waals surface area contributed by atoms with E-state index >= 15 is 0 Å². The van der Waals surface area contributed by atoms with E-state index in [2.05, 4.69) is 5.32 Å². The second kappa shape index (κ2) is 7.92. The predicted octanol–water partition coefficient (Wildman–Crippen LogP) is 3.72. The van der Waals surface area contributed by atoms with Crippen molar-refractivity contribution in [3.8, 4) is 11.1 Å². The molecule has 2 aromatic carbocycles. The lowest BCUT2D eigenvalue weighted by molar-refractivity contribution is -0.138. The molecular weight excluding hydrogens is 373 g/mol. The highest BCUT2D eigenvalue weighted by Crippen LogP contribution is 2.44. The normalized spacial score (nSPS) is 14.1. The number of primary amides is 1. The Labute approximate surface area is 159 Å². The first-order chi connectivity index (χ1) is 13.3. The lowest BCUT2D eigenvalue weighted by Gasteiger charge is -2.18. The van der Waals surface area contributed by atoms with Crippen LogP contribution >= 0.6 is 0 Å². The molecule has 0 unspecified atom stereocenters. The molecule has 0 saturated carbocycles. The number of carbonyl (C=O) groups excluding carboxylic acids is 2. The Balaban J connectivity index is 1.65. The molecule has 2 aromatic rings. The number of hydrogen-bond donors (Lipinski definition) is 2. The zero-order chi connectivity index (χ0) is 20.3. The van der Waals surface area contributed by atoms with Gasteiger partial charge >= 0.3 is 12.3 Å². The number of alkyl carbamates (subject to hydrolysis) is 1. The fourth-order valence-electron chi connectivity index (χ4n) is 3.38. The van der Waals surface area contributed by atoms with Gasteiger partial charge in [0, 0.05) is 12.3 Å². The molecule has 148 valence electrons. The zero-order valence-corrected chi connectivity index (χ0v) is 14.8. The molecule has 8 heteroatoms. The van der Waals surface area contributed by atoms with Crippen molar-refractivity contribution < 1.29 is 27.5 Å². The third kappa shape index (κ3) is 4.44. The van der Waals surface area contributed by atoms with Crippen molar-refractivity contribution in [3.63, 3.8) is 0 Å². The van der Waals surface area contributed by atoms with Gasteiger partial charge in [0.1, 0.15) is 12.6 Å². The van der Waals surface area contributed by atoms with Crippen LogP contribution in [0.5, 0.6) is 0 Å². The summed E-state index contributed by atoms with van der Waals surface area (Å²) in [6.45, 7) is -0.00931. The molecule has 0 bridgehead atoms. The van der Waals surface area contributed by atoms with Gasteiger partial charge in [0.2, 0.25) is 5.91 Å². The number of benzene rings is 2. The number of alkyl halides is 3. The summed E-state index contributed by atoms with van der Waals surface area (Å²) in [5, 5.41) is 2.13. The van der Waals surface area contributed by atoms with Crippen molar-refractivity contribution in [2.75, 3.05) is 6.61 Å². The molecule has 3 rings (SSSR count). The van der Waals surface area contributed by atoms with E-state index in [0.29, 0.717) is 0 Å². The highest BCUT2D eigenvalue weighted by Gasteiger charge is 2.32. The van der Waals surface area contributed by atoms with Gasteiger partial charge in [0.25, 0.3) is 0 Å². The fourth-order valence-corrected chi connectivity index (χ4v) is 3.38. The van der Waals surface area contributed by atoms with Crippen molar-refractivity contribution in [2.45, 2.75) is 31.0 Å². The maximum absolute atomic E-state index is 12.4. The molecule has 0 aromatic heterocycles. The third-order valence-electron chi connectivity index (χ3n) is 4.70. The average Bonchev–Trinajstić information content (AvgIpc) is 2.96. The van der Waals surface area contributed by atoms with Crippen molar-refractivity contribution in [1.29, 1.82) is 0 Å². The Hall–Kier alpha value is -3.03. The van der Waals surface area contributed by atoms with E-state index in [1.54, 1.807) is 0 Å². The average molecular weight is 392 g/mol. The number of ether oxygens (including phenoxy) is 1. The Kier molecular flexibility index (Phi) is 5.58. The van der Waals surface area contributed by atoms with Crippen LogP contribution in [0.3, 0.4) is 0 Å². The van der Waals surface area contributed by atoms with Crippen LogP contribution in [-0.4, -0.2) is 30.8 Å². The quantitative estimate of drug-likeness (QED) is 0.786. The van der Waals surface area contributed by atoms with Crippen molar-refractivity contribution in [3.05, 3.63) is 59.7 Å². The SMILES string of the molecule is NC(=O)[C@H](CCC(F)(F)F)NC(=O)OCC1c2ccccc2-c2ccccc21. The summed E-state index contributed by atoms with van der Waals surface area (Å²) in [7, 11) is 0. The van der Waals surface area contributed by atoms with E-state index in [9.17, 15) is 22.8 Å². The molecular formula is C20H19F3N2O3. The summed E-state index contributed by atoms with van der Waals surface area (Å²) >= 11 is 0. The Bertz CT molecular complexity index is 837. The van der Waals surface area contributed by atoms with Gasteiger partial charge in [0.15, 0.2) is 0 Å². The number of hydrogen-bond acceptors (Lipinski definition) is 3. The van der Waals surface area contributed by atoms with Gasteiger partial charge in [-0.05, 0) is 28.7 Å². The number of nitrogens with two attached hydrogens (primary N) is 1. The van der Waals surface area contributed by atoms with Gasteiger partial charge in [-0.2, -0.15) is 13.2 Å². The topological polar surface area (TPSA) is 81.4 Å². The number of amides is 2. The van der Waals surface area contributed by atoms with Gasteiger partial charge in [-0.3, -0.25) is 4.79 Å². The van der Waals surface area contributed by atoms with Crippen molar-refractivity contribution >= 4 is 12.0 Å². The Morgan fingerprint density at radius 2 is 1.57 bits per heavy atom. The second-order valence-corrected chi connectivity index (χ2v) is 6.58. The number of rotatable bonds is 6. The Morgan fingerprint density at radius 1 is 1.04 bits per heavy atom. The summed E-state index contributed by atoms with van der Waals surface area (Å²) in [5.41, 5.74) is 9.18. The molecule has 0 heterocycles. The van der Waals surface area contributed by atoms with E-state index < -0.39 is 37.1 Å². The third-order valence-corrected chi connectivity index (χ3v) is 4.70. The van der Waals surface area contributed by atoms with E-state index in [4.69, 9.17) is 10.5 Å². The van der Waals surface area contributed by atoms with Gasteiger partial charge in [-0.15, -0.1) is 0 Å². The zero-order valence-electron chi connectivity index (χ0n) is 14.8. The first-order valence-corrected chi connectivity index (χ1v) is 8.74. The van der Waals surface area contributed by atoms with Gasteiger partial charge in [-0.25, -0.2) is 4.79 Å². The molecule has 2 amide bonds. The molecule has 1 atom stereocenters. The first-order valence-electron chi connectivity index (χ1n) is 8.74. The molecule has 0 spiro atoms. The molecule has 1 aliphatic rings. The first kappa shape index (κ1) is 19.7. The summed E-state index contributed by atoms with van der Waals surface area (Å²) < 4.78 is 42.3. The molecule has 1 aliphatic carbocycles. The lowest BCUT2D eigenvalue weighted by Crippen LogP contribution is -2.45. The van der Waals surface area contributed by atoms with Crippen molar-refractivity contribution in [1.82, 2.24) is 5.32 Å². The maximum Gasteiger partial charge on any atom is 0.407 e. The van der Waals surface area contributed by atoms with Crippen LogP contribution in [0.25, 0.3) is 11.1 Å². The second-order valence-electron chi connectivity index (χ2n) is 6.58. The largest absolute Gasteiger partial charge is 0.449 e. The smallest absolute Gasteiger partial charge is 0.407 e. The van der Waals surface area contributed by atoms with Crippen LogP contribution in [-0.2, 0) is 9.53 Å². The molecule has 3 N–H and O–H groups in total. The van der Waals surface area contributed by atoms with E-state index in [-0.39, 0.29) is 12.5 Å². The van der Waals surface area contributed by atoms with Crippen molar-refractivity contribution in [2.24, 2.45) is 5.73 Å². The number of nitrogens with one attached hydrogen (secondary N) is 1. The van der Waals surface area contributed by atoms with Crippen LogP contribution in [0.2, 0.25) is 0 Å². The number of carbonyl (C=O) groups is 2. The lowest BCUT2D eigenvalue weighted by atomic mass is 9.98. The molecule has 5 nitrogen and oxygen atoms in total. The molecule has 28 heavy (non-hydrogen) atoms. The van der Waals surface area contributed by atoms with E-state index in [0.717, 1.165) is 22.3 Å². The van der Waals surface area contributed by atoms with Crippen LogP contribution in [0.1, 0.15) is 29.9 Å². The van der Waals surface area contributed by atoms with Gasteiger partial charge < -0.3 is 15.8 Å². The molecule has 0 aliphatic heterocycles. The number of fused-ring (bicyclic) bond motifs is 3. The summed E-state index contributed by atoms with van der Waals surface area (Å²) in [6.07, 6.45) is -7.29. The summed E-state index contributed by atoms with van der Waals surface area (Å²) in [5.74, 6) is -1.24.